The van der Waals surface area contributed by atoms with E-state index in [9.17, 15) is 9.59 Å². The Hall–Kier alpha value is -2.17. The minimum Gasteiger partial charge on any atom is -0.478 e. The molecule has 0 aromatic carbocycles. The van der Waals surface area contributed by atoms with Gasteiger partial charge in [0.1, 0.15) is 5.69 Å². The highest BCUT2D eigenvalue weighted by Gasteiger charge is 2.04. The highest BCUT2D eigenvalue weighted by atomic mass is 16.4. The van der Waals surface area contributed by atoms with Gasteiger partial charge in [-0.2, -0.15) is 0 Å². The lowest BCUT2D eigenvalue weighted by molar-refractivity contribution is -0.131. The van der Waals surface area contributed by atoms with Crippen molar-refractivity contribution in [2.45, 2.75) is 6.92 Å². The van der Waals surface area contributed by atoms with Crippen molar-refractivity contribution in [2.24, 2.45) is 0 Å². The molecule has 84 valence electrons. The van der Waals surface area contributed by atoms with Crippen LogP contribution in [0.3, 0.4) is 0 Å². The number of nitrogens with one attached hydrogen (secondary N) is 1. The summed E-state index contributed by atoms with van der Waals surface area (Å²) in [6.07, 6.45) is 3.88. The van der Waals surface area contributed by atoms with Gasteiger partial charge in [-0.1, -0.05) is 6.07 Å². The number of carbonyl (C=O) groups is 2. The maximum Gasteiger partial charge on any atom is 0.328 e. The zero-order valence-corrected chi connectivity index (χ0v) is 8.80. The highest BCUT2D eigenvalue weighted by Crippen LogP contribution is 2.02. The lowest BCUT2D eigenvalue weighted by Crippen LogP contribution is -2.23. The molecule has 0 radical (unpaired) electrons. The van der Waals surface area contributed by atoms with Crippen LogP contribution in [0, 0.1) is 0 Å². The van der Waals surface area contributed by atoms with Gasteiger partial charge in [0.05, 0.1) is 0 Å². The van der Waals surface area contributed by atoms with Crippen molar-refractivity contribution in [3.8, 4) is 0 Å². The number of carboxylic acids is 1. The number of hydrogen-bond acceptors (Lipinski definition) is 3. The zero-order valence-electron chi connectivity index (χ0n) is 8.80. The number of carbonyl (C=O) groups excluding carboxylic acids is 1. The first-order valence-electron chi connectivity index (χ1n) is 4.78. The molecule has 0 bridgehead atoms. The number of hydrogen-bond donors (Lipinski definition) is 2. The standard InChI is InChI=1S/C11H12N2O3/c1-2-12-11(16)9-5-3-8(7-13-9)4-6-10(14)15/h3-7H,2H2,1H3,(H,12,16)(H,14,15). The lowest BCUT2D eigenvalue weighted by atomic mass is 10.2. The first-order chi connectivity index (χ1) is 7.63. The molecule has 1 heterocycles. The zero-order chi connectivity index (χ0) is 12.0. The Labute approximate surface area is 92.8 Å². The number of aromatic nitrogens is 1. The van der Waals surface area contributed by atoms with Crippen LogP contribution in [-0.4, -0.2) is 28.5 Å². The van der Waals surface area contributed by atoms with Gasteiger partial charge >= 0.3 is 5.97 Å². The van der Waals surface area contributed by atoms with Crippen LogP contribution in [0.25, 0.3) is 6.08 Å². The maximum absolute atomic E-state index is 11.3. The van der Waals surface area contributed by atoms with Crippen LogP contribution in [-0.2, 0) is 4.79 Å². The van der Waals surface area contributed by atoms with E-state index in [1.807, 2.05) is 6.92 Å². The molecule has 0 aliphatic rings. The molecule has 0 saturated heterocycles. The third-order valence-corrected chi connectivity index (χ3v) is 1.77. The highest BCUT2D eigenvalue weighted by molar-refractivity contribution is 5.92. The van der Waals surface area contributed by atoms with Gasteiger partial charge in [-0.3, -0.25) is 9.78 Å². The van der Waals surface area contributed by atoms with Crippen molar-refractivity contribution in [1.82, 2.24) is 10.3 Å². The van der Waals surface area contributed by atoms with Crippen LogP contribution in [0.1, 0.15) is 23.0 Å². The van der Waals surface area contributed by atoms with E-state index in [-0.39, 0.29) is 5.91 Å². The summed E-state index contributed by atoms with van der Waals surface area (Å²) < 4.78 is 0. The molecule has 5 nitrogen and oxygen atoms in total. The summed E-state index contributed by atoms with van der Waals surface area (Å²) in [5.41, 5.74) is 0.949. The topological polar surface area (TPSA) is 79.3 Å². The molecule has 0 aliphatic carbocycles. The van der Waals surface area contributed by atoms with Crippen LogP contribution < -0.4 is 5.32 Å². The van der Waals surface area contributed by atoms with Crippen LogP contribution in [0.5, 0.6) is 0 Å². The maximum atomic E-state index is 11.3. The summed E-state index contributed by atoms with van der Waals surface area (Å²) in [5, 5.41) is 11.0. The fourth-order valence-corrected chi connectivity index (χ4v) is 1.06. The van der Waals surface area contributed by atoms with Gasteiger partial charge in [0.2, 0.25) is 0 Å². The molecule has 1 aromatic rings. The van der Waals surface area contributed by atoms with Crippen molar-refractivity contribution in [3.63, 3.8) is 0 Å². The fraction of sp³-hybridized carbons (Fsp3) is 0.182. The van der Waals surface area contributed by atoms with E-state index in [1.165, 1.54) is 12.3 Å². The molecular weight excluding hydrogens is 208 g/mol. The van der Waals surface area contributed by atoms with E-state index in [0.29, 0.717) is 17.8 Å². The summed E-state index contributed by atoms with van der Waals surface area (Å²) in [5.74, 6) is -1.26. The molecule has 1 amide bonds. The summed E-state index contributed by atoms with van der Waals surface area (Å²) >= 11 is 0. The minimum atomic E-state index is -1.02. The average molecular weight is 220 g/mol. The van der Waals surface area contributed by atoms with Crippen LogP contribution in [0.15, 0.2) is 24.4 Å². The Morgan fingerprint density at radius 3 is 2.75 bits per heavy atom. The number of aliphatic carboxylic acids is 1. The van der Waals surface area contributed by atoms with Crippen LogP contribution in [0.2, 0.25) is 0 Å². The van der Waals surface area contributed by atoms with Crippen molar-refractivity contribution in [2.75, 3.05) is 6.54 Å². The van der Waals surface area contributed by atoms with Gasteiger partial charge in [-0.15, -0.1) is 0 Å². The Morgan fingerprint density at radius 2 is 2.25 bits per heavy atom. The third-order valence-electron chi connectivity index (χ3n) is 1.77. The van der Waals surface area contributed by atoms with Gasteiger partial charge in [-0.05, 0) is 24.6 Å². The molecule has 5 heteroatoms. The lowest BCUT2D eigenvalue weighted by Gasteiger charge is -2.00. The molecule has 1 aromatic heterocycles. The van der Waals surface area contributed by atoms with Crippen molar-refractivity contribution in [3.05, 3.63) is 35.7 Å². The Morgan fingerprint density at radius 1 is 1.50 bits per heavy atom. The van der Waals surface area contributed by atoms with E-state index >= 15 is 0 Å². The normalized spacial score (nSPS) is 10.3. The third kappa shape index (κ3) is 3.53. The second-order valence-electron chi connectivity index (χ2n) is 3.01. The predicted octanol–water partition coefficient (Wildman–Crippen LogP) is 0.929. The molecule has 1 rings (SSSR count). The van der Waals surface area contributed by atoms with Gasteiger partial charge in [0.25, 0.3) is 5.91 Å². The minimum absolute atomic E-state index is 0.240. The molecule has 0 unspecified atom stereocenters. The van der Waals surface area contributed by atoms with Crippen molar-refractivity contribution < 1.29 is 14.7 Å². The molecule has 0 atom stereocenters. The van der Waals surface area contributed by atoms with E-state index in [4.69, 9.17) is 5.11 Å². The quantitative estimate of drug-likeness (QED) is 0.740. The van der Waals surface area contributed by atoms with Gasteiger partial charge in [-0.25, -0.2) is 4.79 Å². The first kappa shape index (κ1) is 11.9. The van der Waals surface area contributed by atoms with E-state index in [0.717, 1.165) is 6.08 Å². The van der Waals surface area contributed by atoms with Gasteiger partial charge in [0, 0.05) is 18.8 Å². The smallest absolute Gasteiger partial charge is 0.328 e. The second kappa shape index (κ2) is 5.65. The second-order valence-corrected chi connectivity index (χ2v) is 3.01. The van der Waals surface area contributed by atoms with Gasteiger partial charge < -0.3 is 10.4 Å². The Balaban J connectivity index is 2.75. The Kier molecular flexibility index (Phi) is 4.20. The predicted molar refractivity (Wildman–Crippen MR) is 58.9 cm³/mol. The van der Waals surface area contributed by atoms with E-state index in [1.54, 1.807) is 12.1 Å². The van der Waals surface area contributed by atoms with Gasteiger partial charge in [0.15, 0.2) is 0 Å². The number of rotatable bonds is 4. The summed E-state index contributed by atoms with van der Waals surface area (Å²) in [7, 11) is 0. The van der Waals surface area contributed by atoms with Crippen LogP contribution >= 0.6 is 0 Å². The van der Waals surface area contributed by atoms with Crippen molar-refractivity contribution in [1.29, 1.82) is 0 Å². The summed E-state index contributed by atoms with van der Waals surface area (Å²) in [6, 6.07) is 3.18. The molecule has 0 saturated carbocycles. The molecule has 0 fully saturated rings. The Bertz CT molecular complexity index is 410. The van der Waals surface area contributed by atoms with E-state index in [2.05, 4.69) is 10.3 Å². The molecular formula is C11H12N2O3. The SMILES string of the molecule is CCNC(=O)c1ccc(C=CC(=O)O)cn1. The average Bonchev–Trinajstić information content (AvgIpc) is 2.27. The molecule has 0 spiro atoms. The molecule has 2 N–H and O–H groups in total. The first-order valence-corrected chi connectivity index (χ1v) is 4.78. The van der Waals surface area contributed by atoms with E-state index < -0.39 is 5.97 Å². The molecule has 16 heavy (non-hydrogen) atoms. The largest absolute Gasteiger partial charge is 0.478 e. The number of pyridine rings is 1. The summed E-state index contributed by atoms with van der Waals surface area (Å²) in [6.45, 7) is 2.36. The number of carboxylic acid groups (broad SMARTS) is 1. The van der Waals surface area contributed by atoms with Crippen LogP contribution in [0.4, 0.5) is 0 Å². The monoisotopic (exact) mass is 220 g/mol. The summed E-state index contributed by atoms with van der Waals surface area (Å²) in [4.78, 5) is 25.5. The fourth-order valence-electron chi connectivity index (χ4n) is 1.06. The number of amides is 1. The van der Waals surface area contributed by atoms with Crippen molar-refractivity contribution >= 4 is 18.0 Å². The number of nitrogens with zero attached hydrogens (tertiary/aromatic N) is 1. The molecule has 0 aliphatic heterocycles.